The molecule has 1 fully saturated rings. The number of carbonyl (C=O) groups is 1. The second kappa shape index (κ2) is 6.44. The summed E-state index contributed by atoms with van der Waals surface area (Å²) in [6.07, 6.45) is 3.95. The van der Waals surface area contributed by atoms with E-state index in [4.69, 9.17) is 0 Å². The average Bonchev–Trinajstić information content (AvgIpc) is 3.38. The maximum Gasteiger partial charge on any atom is 0.251 e. The van der Waals surface area contributed by atoms with Gasteiger partial charge in [-0.15, -0.1) is 0 Å². The number of rotatable bonds is 5. The fourth-order valence-corrected chi connectivity index (χ4v) is 3.11. The molecule has 0 aliphatic heterocycles. The first kappa shape index (κ1) is 15.0. The van der Waals surface area contributed by atoms with Gasteiger partial charge in [0.15, 0.2) is 0 Å². The molecule has 3 nitrogen and oxygen atoms in total. The van der Waals surface area contributed by atoms with Crippen LogP contribution in [0.15, 0.2) is 59.5 Å². The molecule has 0 bridgehead atoms. The molecular weight excluding hydrogens is 294 g/mol. The lowest BCUT2D eigenvalue weighted by Gasteiger charge is -2.19. The number of hydrogen-bond donors (Lipinski definition) is 1. The Hall–Kier alpha value is -1.94. The van der Waals surface area contributed by atoms with Crippen LogP contribution >= 0.6 is 0 Å². The first-order chi connectivity index (χ1) is 10.6. The molecule has 2 aromatic carbocycles. The van der Waals surface area contributed by atoms with Crippen molar-refractivity contribution in [2.24, 2.45) is 5.92 Å². The van der Waals surface area contributed by atoms with E-state index in [-0.39, 0.29) is 11.9 Å². The van der Waals surface area contributed by atoms with Crippen molar-refractivity contribution in [2.45, 2.75) is 23.8 Å². The highest BCUT2D eigenvalue weighted by Gasteiger charge is 2.33. The second-order valence-corrected chi connectivity index (χ2v) is 7.06. The molecule has 4 heteroatoms. The van der Waals surface area contributed by atoms with Crippen molar-refractivity contribution in [1.29, 1.82) is 0 Å². The lowest BCUT2D eigenvalue weighted by Crippen LogP contribution is -2.29. The van der Waals surface area contributed by atoms with Gasteiger partial charge < -0.3 is 5.32 Å². The zero-order valence-corrected chi connectivity index (χ0v) is 13.3. The fourth-order valence-electron chi connectivity index (χ4n) is 2.59. The molecule has 2 atom stereocenters. The summed E-state index contributed by atoms with van der Waals surface area (Å²) in [6.45, 7) is 0. The molecule has 0 heterocycles. The van der Waals surface area contributed by atoms with Crippen LogP contribution in [-0.4, -0.2) is 16.4 Å². The Morgan fingerprint density at radius 2 is 1.73 bits per heavy atom. The number of carbonyl (C=O) groups excluding carboxylic acids is 1. The molecule has 1 aliphatic carbocycles. The quantitative estimate of drug-likeness (QED) is 0.920. The van der Waals surface area contributed by atoms with Crippen molar-refractivity contribution in [2.75, 3.05) is 6.26 Å². The first-order valence-electron chi connectivity index (χ1n) is 7.44. The van der Waals surface area contributed by atoms with Gasteiger partial charge in [-0.3, -0.25) is 9.00 Å². The summed E-state index contributed by atoms with van der Waals surface area (Å²) in [6, 6.07) is 17.2. The van der Waals surface area contributed by atoms with Crippen molar-refractivity contribution >= 4 is 16.7 Å². The van der Waals surface area contributed by atoms with Crippen LogP contribution in [0.4, 0.5) is 0 Å². The molecule has 1 N–H and O–H groups in total. The molecule has 0 spiro atoms. The van der Waals surface area contributed by atoms with E-state index in [9.17, 15) is 9.00 Å². The monoisotopic (exact) mass is 313 g/mol. The molecule has 2 aromatic rings. The van der Waals surface area contributed by atoms with Crippen molar-refractivity contribution < 1.29 is 9.00 Å². The first-order valence-corrected chi connectivity index (χ1v) is 9.00. The minimum Gasteiger partial charge on any atom is -0.345 e. The van der Waals surface area contributed by atoms with Gasteiger partial charge in [-0.05, 0) is 48.6 Å². The molecule has 0 aromatic heterocycles. The lowest BCUT2D eigenvalue weighted by molar-refractivity contribution is 0.0931. The fraction of sp³-hybridized carbons (Fsp3) is 0.278. The summed E-state index contributed by atoms with van der Waals surface area (Å²) >= 11 is 0. The molecule has 114 valence electrons. The highest BCUT2D eigenvalue weighted by molar-refractivity contribution is 7.84. The van der Waals surface area contributed by atoms with Crippen LogP contribution in [-0.2, 0) is 10.8 Å². The molecule has 1 aliphatic rings. The average molecular weight is 313 g/mol. The zero-order valence-electron chi connectivity index (χ0n) is 12.5. The van der Waals surface area contributed by atoms with Gasteiger partial charge in [0.1, 0.15) is 0 Å². The predicted molar refractivity (Wildman–Crippen MR) is 88.1 cm³/mol. The summed E-state index contributed by atoms with van der Waals surface area (Å²) in [5, 5.41) is 3.15. The van der Waals surface area contributed by atoms with E-state index in [0.29, 0.717) is 11.5 Å². The van der Waals surface area contributed by atoms with E-state index >= 15 is 0 Å². The summed E-state index contributed by atoms with van der Waals surface area (Å²) in [7, 11) is -1.02. The molecule has 0 radical (unpaired) electrons. The third-order valence-corrected chi connectivity index (χ3v) is 4.92. The Bertz CT molecular complexity index is 678. The Balaban J connectivity index is 1.75. The molecule has 22 heavy (non-hydrogen) atoms. The lowest BCUT2D eigenvalue weighted by atomic mass is 10.0. The van der Waals surface area contributed by atoms with E-state index in [0.717, 1.165) is 23.3 Å². The Kier molecular flexibility index (Phi) is 4.39. The molecule has 1 amide bonds. The van der Waals surface area contributed by atoms with Gasteiger partial charge in [0, 0.05) is 27.5 Å². The molecule has 1 saturated carbocycles. The molecule has 3 rings (SSSR count). The van der Waals surface area contributed by atoms with Crippen molar-refractivity contribution in [1.82, 2.24) is 5.32 Å². The van der Waals surface area contributed by atoms with Gasteiger partial charge in [-0.1, -0.05) is 30.3 Å². The predicted octanol–water partition coefficient (Wildman–Crippen LogP) is 3.31. The van der Waals surface area contributed by atoms with Gasteiger partial charge in [0.2, 0.25) is 0 Å². The largest absolute Gasteiger partial charge is 0.345 e. The van der Waals surface area contributed by atoms with Crippen LogP contribution in [0, 0.1) is 5.92 Å². The molecule has 0 saturated heterocycles. The Labute approximate surface area is 133 Å². The third-order valence-electron chi connectivity index (χ3n) is 3.99. The summed E-state index contributed by atoms with van der Waals surface area (Å²) in [5.74, 6) is 0.461. The van der Waals surface area contributed by atoms with E-state index < -0.39 is 10.8 Å². The Morgan fingerprint density at radius 3 is 2.27 bits per heavy atom. The van der Waals surface area contributed by atoms with Crippen LogP contribution in [0.5, 0.6) is 0 Å². The third kappa shape index (κ3) is 3.45. The van der Waals surface area contributed by atoms with Crippen LogP contribution in [0.1, 0.15) is 34.8 Å². The summed E-state index contributed by atoms with van der Waals surface area (Å²) < 4.78 is 11.4. The highest BCUT2D eigenvalue weighted by Crippen LogP contribution is 2.41. The highest BCUT2D eigenvalue weighted by atomic mass is 32.2. The van der Waals surface area contributed by atoms with Crippen molar-refractivity contribution in [3.05, 3.63) is 65.7 Å². The number of amides is 1. The van der Waals surface area contributed by atoms with Gasteiger partial charge in [0.05, 0.1) is 6.04 Å². The van der Waals surface area contributed by atoms with E-state index in [2.05, 4.69) is 17.4 Å². The number of benzene rings is 2. The van der Waals surface area contributed by atoms with Gasteiger partial charge in [0.25, 0.3) is 5.91 Å². The smallest absolute Gasteiger partial charge is 0.251 e. The number of nitrogens with one attached hydrogen (secondary N) is 1. The maximum absolute atomic E-state index is 12.5. The minimum atomic E-state index is -1.02. The van der Waals surface area contributed by atoms with Crippen LogP contribution in [0.3, 0.4) is 0 Å². The number of hydrogen-bond acceptors (Lipinski definition) is 2. The van der Waals surface area contributed by atoms with Crippen molar-refractivity contribution in [3.8, 4) is 0 Å². The molecular formula is C18H19NO2S. The molecule has 2 unspecified atom stereocenters. The van der Waals surface area contributed by atoms with Crippen LogP contribution in [0.2, 0.25) is 0 Å². The normalized spacial score (nSPS) is 16.8. The van der Waals surface area contributed by atoms with Gasteiger partial charge >= 0.3 is 0 Å². The topological polar surface area (TPSA) is 46.2 Å². The minimum absolute atomic E-state index is 0.0748. The zero-order chi connectivity index (χ0) is 15.5. The SMILES string of the molecule is CS(=O)c1ccc(C(=O)NC(c2ccccc2)C2CC2)cc1. The van der Waals surface area contributed by atoms with Crippen molar-refractivity contribution in [3.63, 3.8) is 0 Å². The summed E-state index contributed by atoms with van der Waals surface area (Å²) in [5.41, 5.74) is 1.76. The standard InChI is InChI=1S/C18H19NO2S/c1-22(21)16-11-9-15(10-12-16)18(20)19-17(14-7-8-14)13-5-3-2-4-6-13/h2-6,9-12,14,17H,7-8H2,1H3,(H,19,20). The summed E-state index contributed by atoms with van der Waals surface area (Å²) in [4.78, 5) is 13.2. The van der Waals surface area contributed by atoms with E-state index in [1.807, 2.05) is 18.2 Å². The van der Waals surface area contributed by atoms with Gasteiger partial charge in [-0.2, -0.15) is 0 Å². The van der Waals surface area contributed by atoms with Crippen LogP contribution in [0.25, 0.3) is 0 Å². The maximum atomic E-state index is 12.5. The van der Waals surface area contributed by atoms with Gasteiger partial charge in [-0.25, -0.2) is 0 Å². The second-order valence-electron chi connectivity index (χ2n) is 5.68. The Morgan fingerprint density at radius 1 is 1.09 bits per heavy atom. The van der Waals surface area contributed by atoms with Crippen LogP contribution < -0.4 is 5.32 Å². The van der Waals surface area contributed by atoms with E-state index in [1.165, 1.54) is 0 Å². The van der Waals surface area contributed by atoms with E-state index in [1.54, 1.807) is 30.5 Å².